The number of hydrogen-bond acceptors (Lipinski definition) is 3. The van der Waals surface area contributed by atoms with Gasteiger partial charge in [0.1, 0.15) is 0 Å². The third-order valence-electron chi connectivity index (χ3n) is 3.51. The van der Waals surface area contributed by atoms with Gasteiger partial charge in [-0.1, -0.05) is 36.4 Å². The van der Waals surface area contributed by atoms with E-state index in [1.54, 1.807) is 6.20 Å². The van der Waals surface area contributed by atoms with Gasteiger partial charge < -0.3 is 10.8 Å². The molecule has 1 heterocycles. The molecule has 3 nitrogen and oxygen atoms in total. The van der Waals surface area contributed by atoms with Crippen molar-refractivity contribution in [3.8, 4) is 0 Å². The highest BCUT2D eigenvalue weighted by atomic mass is 16.3. The van der Waals surface area contributed by atoms with Gasteiger partial charge in [-0.25, -0.2) is 0 Å². The van der Waals surface area contributed by atoms with Crippen LogP contribution in [-0.2, 0) is 6.42 Å². The first kappa shape index (κ1) is 12.6. The maximum absolute atomic E-state index is 10.4. The van der Waals surface area contributed by atoms with Crippen molar-refractivity contribution in [3.63, 3.8) is 0 Å². The Bertz CT molecular complexity index is 734. The molecular weight excluding hydrogens is 248 g/mol. The fourth-order valence-electron chi connectivity index (χ4n) is 2.47. The van der Waals surface area contributed by atoms with E-state index in [9.17, 15) is 5.11 Å². The number of nitrogens with zero attached hydrogens (tertiary/aromatic N) is 1. The summed E-state index contributed by atoms with van der Waals surface area (Å²) in [5.41, 5.74) is 9.33. The molecule has 0 saturated carbocycles. The predicted octanol–water partition coefficient (Wildman–Crippen LogP) is 3.09. The molecule has 0 spiro atoms. The van der Waals surface area contributed by atoms with E-state index in [4.69, 9.17) is 5.73 Å². The third-order valence-corrected chi connectivity index (χ3v) is 3.51. The van der Waals surface area contributed by atoms with E-state index in [2.05, 4.69) is 4.98 Å². The summed E-state index contributed by atoms with van der Waals surface area (Å²) in [4.78, 5) is 4.33. The average molecular weight is 264 g/mol. The number of aromatic nitrogens is 1. The number of rotatable bonds is 3. The van der Waals surface area contributed by atoms with Crippen LogP contribution in [0.15, 0.2) is 60.8 Å². The van der Waals surface area contributed by atoms with E-state index in [1.165, 1.54) is 0 Å². The Morgan fingerprint density at radius 1 is 1.00 bits per heavy atom. The van der Waals surface area contributed by atoms with Crippen molar-refractivity contribution in [1.29, 1.82) is 0 Å². The second kappa shape index (κ2) is 5.31. The Morgan fingerprint density at radius 2 is 1.75 bits per heavy atom. The van der Waals surface area contributed by atoms with Crippen LogP contribution in [0.5, 0.6) is 0 Å². The molecule has 100 valence electrons. The molecule has 1 atom stereocenters. The zero-order valence-corrected chi connectivity index (χ0v) is 11.0. The van der Waals surface area contributed by atoms with E-state index >= 15 is 0 Å². The van der Waals surface area contributed by atoms with E-state index in [1.807, 2.05) is 54.6 Å². The lowest BCUT2D eigenvalue weighted by Gasteiger charge is -2.14. The summed E-state index contributed by atoms with van der Waals surface area (Å²) < 4.78 is 0. The second-order valence-electron chi connectivity index (χ2n) is 4.84. The molecule has 3 rings (SSSR count). The van der Waals surface area contributed by atoms with Crippen LogP contribution >= 0.6 is 0 Å². The molecule has 0 fully saturated rings. The topological polar surface area (TPSA) is 59.1 Å². The number of aliphatic hydroxyl groups excluding tert-OH is 1. The van der Waals surface area contributed by atoms with Crippen molar-refractivity contribution in [3.05, 3.63) is 71.9 Å². The fraction of sp³-hybridized carbons (Fsp3) is 0.118. The summed E-state index contributed by atoms with van der Waals surface area (Å²) in [6.45, 7) is 0. The van der Waals surface area contributed by atoms with Gasteiger partial charge in [-0.3, -0.25) is 4.98 Å². The van der Waals surface area contributed by atoms with Crippen LogP contribution in [0.3, 0.4) is 0 Å². The number of benzene rings is 2. The minimum atomic E-state index is -0.609. The monoisotopic (exact) mass is 264 g/mol. The van der Waals surface area contributed by atoms with Gasteiger partial charge in [0.05, 0.1) is 11.6 Å². The number of para-hydroxylation sites is 2. The van der Waals surface area contributed by atoms with Gasteiger partial charge in [0.25, 0.3) is 0 Å². The Morgan fingerprint density at radius 3 is 2.60 bits per heavy atom. The summed E-state index contributed by atoms with van der Waals surface area (Å²) in [6, 6.07) is 17.3. The molecule has 0 radical (unpaired) electrons. The highest BCUT2D eigenvalue weighted by molar-refractivity contribution is 5.81. The number of fused-ring (bicyclic) bond motifs is 1. The Labute approximate surface area is 117 Å². The maximum atomic E-state index is 10.4. The lowest BCUT2D eigenvalue weighted by Crippen LogP contribution is -2.05. The van der Waals surface area contributed by atoms with Crippen LogP contribution in [0.1, 0.15) is 17.2 Å². The van der Waals surface area contributed by atoms with Gasteiger partial charge in [-0.05, 0) is 23.8 Å². The number of nitrogen functional groups attached to an aromatic ring is 1. The normalized spacial score (nSPS) is 12.4. The Hall–Kier alpha value is -2.39. The van der Waals surface area contributed by atoms with Crippen molar-refractivity contribution in [2.75, 3.05) is 5.73 Å². The lowest BCUT2D eigenvalue weighted by molar-refractivity contribution is 0.179. The molecule has 3 N–H and O–H groups in total. The summed E-state index contributed by atoms with van der Waals surface area (Å²) in [5, 5.41) is 11.5. The smallest absolute Gasteiger partial charge is 0.0850 e. The molecule has 0 aliphatic rings. The molecule has 1 unspecified atom stereocenters. The van der Waals surface area contributed by atoms with Crippen LogP contribution in [-0.4, -0.2) is 10.1 Å². The highest BCUT2D eigenvalue weighted by Gasteiger charge is 2.13. The van der Waals surface area contributed by atoms with E-state index in [0.29, 0.717) is 12.1 Å². The van der Waals surface area contributed by atoms with Crippen molar-refractivity contribution < 1.29 is 5.11 Å². The Kier molecular flexibility index (Phi) is 3.35. The quantitative estimate of drug-likeness (QED) is 0.715. The van der Waals surface area contributed by atoms with Crippen molar-refractivity contribution in [2.45, 2.75) is 12.5 Å². The molecule has 3 aromatic rings. The molecule has 0 aliphatic heterocycles. The van der Waals surface area contributed by atoms with Gasteiger partial charge >= 0.3 is 0 Å². The van der Waals surface area contributed by atoms with Gasteiger partial charge in [0.15, 0.2) is 0 Å². The number of aliphatic hydroxyl groups is 1. The van der Waals surface area contributed by atoms with Gasteiger partial charge in [-0.15, -0.1) is 0 Å². The summed E-state index contributed by atoms with van der Waals surface area (Å²) in [6.07, 6.45) is 1.69. The molecular formula is C17H16N2O. The van der Waals surface area contributed by atoms with E-state index in [-0.39, 0.29) is 0 Å². The number of anilines is 1. The molecule has 2 aromatic carbocycles. The van der Waals surface area contributed by atoms with E-state index < -0.39 is 6.10 Å². The van der Waals surface area contributed by atoms with Gasteiger partial charge in [0, 0.05) is 29.3 Å². The van der Waals surface area contributed by atoms with Gasteiger partial charge in [0.2, 0.25) is 0 Å². The summed E-state index contributed by atoms with van der Waals surface area (Å²) in [7, 11) is 0. The average Bonchev–Trinajstić information content (AvgIpc) is 2.48. The summed E-state index contributed by atoms with van der Waals surface area (Å²) >= 11 is 0. The van der Waals surface area contributed by atoms with Crippen molar-refractivity contribution in [1.82, 2.24) is 4.98 Å². The number of pyridine rings is 1. The highest BCUT2D eigenvalue weighted by Crippen LogP contribution is 2.26. The fourth-order valence-corrected chi connectivity index (χ4v) is 2.47. The SMILES string of the molecule is Nc1ccccc1C(O)Cc1ccnc2ccccc12. The standard InChI is InChI=1S/C17H16N2O/c18-15-7-3-1-6-14(15)17(20)11-12-9-10-19-16-8-4-2-5-13(12)16/h1-10,17,20H,11,18H2. The van der Waals surface area contributed by atoms with Crippen LogP contribution in [0.2, 0.25) is 0 Å². The largest absolute Gasteiger partial charge is 0.398 e. The second-order valence-corrected chi connectivity index (χ2v) is 4.84. The molecule has 3 heteroatoms. The molecule has 1 aromatic heterocycles. The number of hydrogen-bond donors (Lipinski definition) is 2. The van der Waals surface area contributed by atoms with Crippen molar-refractivity contribution in [2.24, 2.45) is 0 Å². The van der Waals surface area contributed by atoms with Gasteiger partial charge in [-0.2, -0.15) is 0 Å². The third kappa shape index (κ3) is 2.36. The predicted molar refractivity (Wildman–Crippen MR) is 81.3 cm³/mol. The first-order valence-corrected chi connectivity index (χ1v) is 6.61. The molecule has 0 aliphatic carbocycles. The van der Waals surface area contributed by atoms with Crippen LogP contribution in [0.4, 0.5) is 5.69 Å². The van der Waals surface area contributed by atoms with Crippen LogP contribution in [0.25, 0.3) is 10.9 Å². The first-order chi connectivity index (χ1) is 9.75. The minimum Gasteiger partial charge on any atom is -0.398 e. The zero-order valence-electron chi connectivity index (χ0n) is 11.0. The minimum absolute atomic E-state index is 0.525. The molecule has 0 bridgehead atoms. The number of nitrogens with two attached hydrogens (primary N) is 1. The van der Waals surface area contributed by atoms with E-state index in [0.717, 1.165) is 22.0 Å². The molecule has 0 saturated heterocycles. The molecule has 20 heavy (non-hydrogen) atoms. The zero-order chi connectivity index (χ0) is 13.9. The first-order valence-electron chi connectivity index (χ1n) is 6.61. The van der Waals surface area contributed by atoms with Crippen LogP contribution < -0.4 is 5.73 Å². The molecule has 0 amide bonds. The summed E-state index contributed by atoms with van der Waals surface area (Å²) in [5.74, 6) is 0. The lowest BCUT2D eigenvalue weighted by atomic mass is 9.98. The Balaban J connectivity index is 1.96. The van der Waals surface area contributed by atoms with Crippen LogP contribution in [0, 0.1) is 0 Å². The maximum Gasteiger partial charge on any atom is 0.0850 e. The van der Waals surface area contributed by atoms with Crippen molar-refractivity contribution >= 4 is 16.6 Å².